The van der Waals surface area contributed by atoms with Crippen LogP contribution in [0.25, 0.3) is 22.4 Å². The molecule has 3 rings (SSSR count). The Labute approximate surface area is 142 Å². The largest absolute Gasteiger partial charge is 0.444 e. The highest BCUT2D eigenvalue weighted by Gasteiger charge is 2.11. The fraction of sp³-hybridized carbons (Fsp3) is 0.118. The summed E-state index contributed by atoms with van der Waals surface area (Å²) in [6.07, 6.45) is 0. The summed E-state index contributed by atoms with van der Waals surface area (Å²) in [5.41, 5.74) is 9.94. The van der Waals surface area contributed by atoms with Crippen molar-refractivity contribution < 1.29 is 4.42 Å². The molecule has 0 amide bonds. The number of aryl methyl sites for hydroxylation is 1. The van der Waals surface area contributed by atoms with Crippen LogP contribution in [0, 0.1) is 6.92 Å². The first-order chi connectivity index (χ1) is 9.78. The molecule has 5 heteroatoms. The van der Waals surface area contributed by atoms with Gasteiger partial charge in [0, 0.05) is 12.5 Å². The smallest absolute Gasteiger partial charge is 0.191 e. The van der Waals surface area contributed by atoms with Crippen molar-refractivity contribution in [1.82, 2.24) is 4.98 Å². The van der Waals surface area contributed by atoms with E-state index in [0.717, 1.165) is 17.0 Å². The quantitative estimate of drug-likeness (QED) is 0.759. The summed E-state index contributed by atoms with van der Waals surface area (Å²) in [6, 6.07) is 18.6. The molecule has 0 saturated carbocycles. The van der Waals surface area contributed by atoms with E-state index in [4.69, 9.17) is 10.2 Å². The van der Waals surface area contributed by atoms with Crippen molar-refractivity contribution in [1.29, 1.82) is 0 Å². The number of halogens is 2. The van der Waals surface area contributed by atoms with Gasteiger partial charge < -0.3 is 10.2 Å². The van der Waals surface area contributed by atoms with Crippen LogP contribution in [0.5, 0.6) is 0 Å². The van der Waals surface area contributed by atoms with Gasteiger partial charge in [-0.3, -0.25) is 0 Å². The van der Waals surface area contributed by atoms with Crippen LogP contribution in [0.4, 0.5) is 0 Å². The van der Waals surface area contributed by atoms with Crippen LogP contribution in [0.2, 0.25) is 0 Å². The van der Waals surface area contributed by atoms with E-state index in [1.54, 1.807) is 0 Å². The third-order valence-electron chi connectivity index (χ3n) is 3.26. The average Bonchev–Trinajstić information content (AvgIpc) is 2.89. The lowest BCUT2D eigenvalue weighted by Gasteiger charge is -2.03. The zero-order valence-electron chi connectivity index (χ0n) is 12.2. The maximum Gasteiger partial charge on any atom is 0.191 e. The fourth-order valence-electron chi connectivity index (χ4n) is 2.28. The van der Waals surface area contributed by atoms with Gasteiger partial charge in [-0.15, -0.1) is 24.8 Å². The lowest BCUT2D eigenvalue weighted by Crippen LogP contribution is -1.96. The minimum atomic E-state index is 0. The monoisotopic (exact) mass is 336 g/mol. The highest BCUT2D eigenvalue weighted by atomic mass is 35.5. The number of aromatic nitrogens is 1. The molecule has 2 aromatic carbocycles. The van der Waals surface area contributed by atoms with Crippen molar-refractivity contribution >= 4 is 24.8 Å². The SMILES string of the molecule is Cc1nc(-c2ccc(-c3ccccc3)cc2)c(CN)o1.Cl.Cl. The van der Waals surface area contributed by atoms with E-state index in [2.05, 4.69) is 41.4 Å². The molecule has 0 unspecified atom stereocenters. The molecule has 2 N–H and O–H groups in total. The van der Waals surface area contributed by atoms with Gasteiger partial charge >= 0.3 is 0 Å². The number of hydrogen-bond acceptors (Lipinski definition) is 3. The van der Waals surface area contributed by atoms with Gasteiger partial charge in [-0.05, 0) is 11.1 Å². The molecule has 0 atom stereocenters. The Hall–Kier alpha value is -1.81. The van der Waals surface area contributed by atoms with Crippen LogP contribution >= 0.6 is 24.8 Å². The molecule has 22 heavy (non-hydrogen) atoms. The van der Waals surface area contributed by atoms with E-state index in [0.29, 0.717) is 12.4 Å². The van der Waals surface area contributed by atoms with Crippen LogP contribution in [-0.2, 0) is 6.54 Å². The number of nitrogens with two attached hydrogens (primary N) is 1. The van der Waals surface area contributed by atoms with E-state index in [1.165, 1.54) is 11.1 Å². The minimum Gasteiger partial charge on any atom is -0.444 e. The second-order valence-electron chi connectivity index (χ2n) is 4.65. The fourth-order valence-corrected chi connectivity index (χ4v) is 2.28. The molecule has 116 valence electrons. The molecule has 0 spiro atoms. The van der Waals surface area contributed by atoms with Gasteiger partial charge in [0.15, 0.2) is 5.89 Å². The topological polar surface area (TPSA) is 52.0 Å². The molecule has 0 aliphatic carbocycles. The number of rotatable bonds is 3. The van der Waals surface area contributed by atoms with Crippen molar-refractivity contribution in [3.8, 4) is 22.4 Å². The van der Waals surface area contributed by atoms with Crippen LogP contribution in [0.1, 0.15) is 11.7 Å². The summed E-state index contributed by atoms with van der Waals surface area (Å²) in [4.78, 5) is 4.41. The molecule has 1 aromatic heterocycles. The Morgan fingerprint density at radius 3 is 2.00 bits per heavy atom. The molecular formula is C17H18Cl2N2O. The van der Waals surface area contributed by atoms with Crippen molar-refractivity contribution in [2.45, 2.75) is 13.5 Å². The molecule has 0 fully saturated rings. The Kier molecular flexibility index (Phi) is 6.62. The van der Waals surface area contributed by atoms with Crippen molar-refractivity contribution in [2.24, 2.45) is 5.73 Å². The third-order valence-corrected chi connectivity index (χ3v) is 3.26. The molecule has 1 heterocycles. The number of hydrogen-bond donors (Lipinski definition) is 1. The Morgan fingerprint density at radius 2 is 1.41 bits per heavy atom. The highest BCUT2D eigenvalue weighted by Crippen LogP contribution is 2.26. The molecule has 3 aromatic rings. The Bertz CT molecular complexity index is 709. The summed E-state index contributed by atoms with van der Waals surface area (Å²) in [7, 11) is 0. The zero-order chi connectivity index (χ0) is 13.9. The van der Waals surface area contributed by atoms with Gasteiger partial charge in [-0.1, -0.05) is 54.6 Å². The van der Waals surface area contributed by atoms with E-state index < -0.39 is 0 Å². The maximum atomic E-state index is 5.69. The van der Waals surface area contributed by atoms with Crippen LogP contribution < -0.4 is 5.73 Å². The number of benzene rings is 2. The third kappa shape index (κ3) is 3.69. The molecule has 0 saturated heterocycles. The van der Waals surface area contributed by atoms with E-state index >= 15 is 0 Å². The molecule has 0 bridgehead atoms. The average molecular weight is 337 g/mol. The van der Waals surface area contributed by atoms with Gasteiger partial charge in [0.1, 0.15) is 11.5 Å². The lowest BCUT2D eigenvalue weighted by molar-refractivity contribution is 0.477. The summed E-state index contributed by atoms with van der Waals surface area (Å²) in [5, 5.41) is 0. The van der Waals surface area contributed by atoms with Gasteiger partial charge in [0.25, 0.3) is 0 Å². The Morgan fingerprint density at radius 1 is 0.864 bits per heavy atom. The first-order valence-corrected chi connectivity index (χ1v) is 6.60. The van der Waals surface area contributed by atoms with Crippen molar-refractivity contribution in [3.63, 3.8) is 0 Å². The van der Waals surface area contributed by atoms with Crippen LogP contribution in [-0.4, -0.2) is 4.98 Å². The van der Waals surface area contributed by atoms with E-state index in [1.807, 2.05) is 25.1 Å². The normalized spacial score (nSPS) is 9.73. The summed E-state index contributed by atoms with van der Waals surface area (Å²) < 4.78 is 5.50. The summed E-state index contributed by atoms with van der Waals surface area (Å²) >= 11 is 0. The minimum absolute atomic E-state index is 0. The first-order valence-electron chi connectivity index (χ1n) is 6.60. The van der Waals surface area contributed by atoms with Gasteiger partial charge in [0.2, 0.25) is 0 Å². The van der Waals surface area contributed by atoms with Gasteiger partial charge in [-0.25, -0.2) is 4.98 Å². The van der Waals surface area contributed by atoms with Gasteiger partial charge in [-0.2, -0.15) is 0 Å². The first kappa shape index (κ1) is 18.2. The standard InChI is InChI=1S/C17H16N2O.2ClH/c1-12-19-17(16(11-18)20-12)15-9-7-14(8-10-15)13-5-3-2-4-6-13;;/h2-10H,11,18H2,1H3;2*1H. The lowest BCUT2D eigenvalue weighted by atomic mass is 10.0. The molecule has 0 aliphatic rings. The molecule has 0 radical (unpaired) electrons. The molecular weight excluding hydrogens is 319 g/mol. The molecule has 3 nitrogen and oxygen atoms in total. The summed E-state index contributed by atoms with van der Waals surface area (Å²) in [6.45, 7) is 2.19. The number of oxazole rings is 1. The number of nitrogens with zero attached hydrogens (tertiary/aromatic N) is 1. The Balaban J connectivity index is 0.00000121. The summed E-state index contributed by atoms with van der Waals surface area (Å²) in [5.74, 6) is 1.38. The van der Waals surface area contributed by atoms with Crippen LogP contribution in [0.15, 0.2) is 59.0 Å². The molecule has 0 aliphatic heterocycles. The zero-order valence-corrected chi connectivity index (χ0v) is 13.8. The predicted molar refractivity (Wildman–Crippen MR) is 94.5 cm³/mol. The van der Waals surface area contributed by atoms with Crippen LogP contribution in [0.3, 0.4) is 0 Å². The maximum absolute atomic E-state index is 5.69. The van der Waals surface area contributed by atoms with E-state index in [-0.39, 0.29) is 24.8 Å². The highest BCUT2D eigenvalue weighted by molar-refractivity contribution is 5.85. The second kappa shape index (κ2) is 7.99. The van der Waals surface area contributed by atoms with Crippen molar-refractivity contribution in [2.75, 3.05) is 0 Å². The van der Waals surface area contributed by atoms with E-state index in [9.17, 15) is 0 Å². The van der Waals surface area contributed by atoms with Gasteiger partial charge in [0.05, 0.1) is 6.54 Å². The van der Waals surface area contributed by atoms with Crippen molar-refractivity contribution in [3.05, 3.63) is 66.2 Å². The second-order valence-corrected chi connectivity index (χ2v) is 4.65. The predicted octanol–water partition coefficient (Wildman–Crippen LogP) is 4.62.